The van der Waals surface area contributed by atoms with Gasteiger partial charge in [0.25, 0.3) is 0 Å². The fourth-order valence-electron chi connectivity index (χ4n) is 1.82. The molecular formula is C12H15O+. The smallest absolute Gasteiger partial charge is 0.217 e. The molecular weight excluding hydrogens is 160 g/mol. The van der Waals surface area contributed by atoms with Gasteiger partial charge in [0, 0.05) is 12.1 Å². The van der Waals surface area contributed by atoms with E-state index in [9.17, 15) is 0 Å². The fraction of sp³-hybridized carbons (Fsp3) is 0.583. The van der Waals surface area contributed by atoms with Gasteiger partial charge in [-0.3, -0.25) is 0 Å². The molecule has 0 atom stereocenters. The van der Waals surface area contributed by atoms with Gasteiger partial charge >= 0.3 is 11.5 Å². The van der Waals surface area contributed by atoms with Crippen LogP contribution in [0.5, 0.6) is 0 Å². The van der Waals surface area contributed by atoms with E-state index in [0.717, 1.165) is 11.8 Å². The molecule has 0 N–H and O–H groups in total. The lowest BCUT2D eigenvalue weighted by Gasteiger charge is -1.91. The average molecular weight is 175 g/mol. The summed E-state index contributed by atoms with van der Waals surface area (Å²) >= 11 is 0. The van der Waals surface area contributed by atoms with Gasteiger partial charge in [-0.2, -0.15) is 0 Å². The van der Waals surface area contributed by atoms with Gasteiger partial charge in [-0.1, -0.05) is 0 Å². The maximum absolute atomic E-state index is 5.91. The highest BCUT2D eigenvalue weighted by Crippen LogP contribution is 2.45. The van der Waals surface area contributed by atoms with Gasteiger partial charge in [-0.25, -0.2) is 4.42 Å². The predicted molar refractivity (Wildman–Crippen MR) is 51.8 cm³/mol. The number of aryl methyl sites for hydroxylation is 1. The largest absolute Gasteiger partial charge is 0.332 e. The molecule has 3 rings (SSSR count). The van der Waals surface area contributed by atoms with E-state index in [1.165, 1.54) is 42.8 Å². The van der Waals surface area contributed by atoms with E-state index in [0.29, 0.717) is 0 Å². The summed E-state index contributed by atoms with van der Waals surface area (Å²) in [5, 5.41) is 0. The minimum atomic E-state index is 0.748. The van der Waals surface area contributed by atoms with Gasteiger partial charge in [0.1, 0.15) is 0 Å². The van der Waals surface area contributed by atoms with Crippen molar-refractivity contribution >= 4 is 0 Å². The van der Waals surface area contributed by atoms with Crippen molar-refractivity contribution in [1.82, 2.24) is 0 Å². The Balaban J connectivity index is 1.99. The molecule has 2 fully saturated rings. The Morgan fingerprint density at radius 2 is 1.46 bits per heavy atom. The molecule has 68 valence electrons. The van der Waals surface area contributed by atoms with Crippen molar-refractivity contribution in [3.8, 4) is 0 Å². The van der Waals surface area contributed by atoms with Crippen LogP contribution in [0, 0.1) is 6.92 Å². The van der Waals surface area contributed by atoms with Crippen LogP contribution >= 0.6 is 0 Å². The van der Waals surface area contributed by atoms with Crippen LogP contribution in [0.15, 0.2) is 16.5 Å². The van der Waals surface area contributed by atoms with Crippen LogP contribution in [0.3, 0.4) is 0 Å². The number of hydrogen-bond donors (Lipinski definition) is 0. The molecule has 13 heavy (non-hydrogen) atoms. The van der Waals surface area contributed by atoms with Gasteiger partial charge in [-0.15, -0.1) is 0 Å². The summed E-state index contributed by atoms with van der Waals surface area (Å²) in [5.74, 6) is 3.97. The summed E-state index contributed by atoms with van der Waals surface area (Å²) in [7, 11) is 0. The van der Waals surface area contributed by atoms with Crippen molar-refractivity contribution in [2.45, 2.75) is 44.4 Å². The van der Waals surface area contributed by atoms with Gasteiger partial charge in [-0.05, 0) is 38.2 Å². The van der Waals surface area contributed by atoms with Crippen LogP contribution in [0.1, 0.15) is 54.6 Å². The molecule has 1 aromatic heterocycles. The molecule has 0 bridgehead atoms. The molecule has 0 aromatic carbocycles. The average Bonchev–Trinajstić information content (AvgIpc) is 2.98. The molecule has 1 heteroatoms. The first-order valence-corrected chi connectivity index (χ1v) is 5.27. The van der Waals surface area contributed by atoms with E-state index >= 15 is 0 Å². The van der Waals surface area contributed by atoms with E-state index < -0.39 is 0 Å². The molecule has 0 radical (unpaired) electrons. The van der Waals surface area contributed by atoms with Crippen molar-refractivity contribution in [2.75, 3.05) is 0 Å². The second kappa shape index (κ2) is 2.57. The van der Waals surface area contributed by atoms with Gasteiger partial charge in [0.05, 0.1) is 11.8 Å². The Bertz CT molecular complexity index is 305. The summed E-state index contributed by atoms with van der Waals surface area (Å²) in [6.45, 7) is 2.17. The van der Waals surface area contributed by atoms with Crippen LogP contribution in [0.2, 0.25) is 0 Å². The van der Waals surface area contributed by atoms with Crippen LogP contribution in [0.25, 0.3) is 0 Å². The third-order valence-electron chi connectivity index (χ3n) is 2.94. The highest BCUT2D eigenvalue weighted by atomic mass is 16.3. The van der Waals surface area contributed by atoms with Crippen LogP contribution < -0.4 is 0 Å². The Morgan fingerprint density at radius 1 is 1.00 bits per heavy atom. The molecule has 0 saturated heterocycles. The molecule has 0 unspecified atom stereocenters. The minimum absolute atomic E-state index is 0.748. The summed E-state index contributed by atoms with van der Waals surface area (Å²) in [4.78, 5) is 0. The lowest BCUT2D eigenvalue weighted by atomic mass is 10.1. The van der Waals surface area contributed by atoms with E-state index in [1.807, 2.05) is 0 Å². The topological polar surface area (TPSA) is 11.3 Å². The first-order valence-electron chi connectivity index (χ1n) is 5.27. The van der Waals surface area contributed by atoms with E-state index in [4.69, 9.17) is 4.42 Å². The van der Waals surface area contributed by atoms with Crippen molar-refractivity contribution in [3.05, 3.63) is 29.2 Å². The third kappa shape index (κ3) is 1.48. The second-order valence-electron chi connectivity index (χ2n) is 4.49. The monoisotopic (exact) mass is 175 g/mol. The first kappa shape index (κ1) is 7.54. The maximum atomic E-state index is 5.91. The molecule has 2 aliphatic rings. The Labute approximate surface area is 78.8 Å². The van der Waals surface area contributed by atoms with Crippen LogP contribution in [-0.4, -0.2) is 0 Å². The second-order valence-corrected chi connectivity index (χ2v) is 4.49. The predicted octanol–water partition coefficient (Wildman–Crippen LogP) is 3.62. The lowest BCUT2D eigenvalue weighted by molar-refractivity contribution is 0.448. The minimum Gasteiger partial charge on any atom is -0.217 e. The van der Waals surface area contributed by atoms with Crippen molar-refractivity contribution in [1.29, 1.82) is 0 Å². The van der Waals surface area contributed by atoms with Crippen LogP contribution in [0.4, 0.5) is 0 Å². The van der Waals surface area contributed by atoms with Gasteiger partial charge < -0.3 is 0 Å². The number of hydrogen-bond acceptors (Lipinski definition) is 0. The SMILES string of the molecule is Cc1cc(C2CC2)[o+]c(C2CC2)c1. The lowest BCUT2D eigenvalue weighted by Crippen LogP contribution is -1.87. The van der Waals surface area contributed by atoms with Crippen molar-refractivity contribution < 1.29 is 4.42 Å². The standard InChI is InChI=1S/C12H15O/c1-8-6-11(9-2-3-9)13-12(7-8)10-4-5-10/h6-7,9-10H,2-5H2,1H3/q+1. The molecule has 2 aliphatic carbocycles. The third-order valence-corrected chi connectivity index (χ3v) is 2.94. The highest BCUT2D eigenvalue weighted by Gasteiger charge is 2.38. The Hall–Kier alpha value is -0.850. The number of rotatable bonds is 2. The highest BCUT2D eigenvalue weighted by molar-refractivity contribution is 5.24. The van der Waals surface area contributed by atoms with Crippen molar-refractivity contribution in [2.24, 2.45) is 0 Å². The molecule has 1 aromatic rings. The molecule has 2 saturated carbocycles. The molecule has 1 heterocycles. The normalized spacial score (nSPS) is 21.9. The van der Waals surface area contributed by atoms with Gasteiger partial charge in [0.2, 0.25) is 0 Å². The van der Waals surface area contributed by atoms with Gasteiger partial charge in [0.15, 0.2) is 0 Å². The van der Waals surface area contributed by atoms with E-state index in [1.54, 1.807) is 0 Å². The Morgan fingerprint density at radius 3 is 1.85 bits per heavy atom. The zero-order valence-electron chi connectivity index (χ0n) is 8.05. The molecule has 0 aliphatic heterocycles. The Kier molecular flexibility index (Phi) is 1.49. The summed E-state index contributed by atoms with van der Waals surface area (Å²) < 4.78 is 5.91. The zero-order valence-corrected chi connectivity index (χ0v) is 8.05. The molecule has 0 spiro atoms. The molecule has 1 nitrogen and oxygen atoms in total. The van der Waals surface area contributed by atoms with E-state index in [2.05, 4.69) is 19.1 Å². The first-order chi connectivity index (χ1) is 6.33. The molecule has 0 amide bonds. The summed E-state index contributed by atoms with van der Waals surface area (Å²) in [5.41, 5.74) is 1.37. The quantitative estimate of drug-likeness (QED) is 0.625. The maximum Gasteiger partial charge on any atom is 0.332 e. The summed E-state index contributed by atoms with van der Waals surface area (Å²) in [6.07, 6.45) is 5.32. The fourth-order valence-corrected chi connectivity index (χ4v) is 1.82. The van der Waals surface area contributed by atoms with Crippen molar-refractivity contribution in [3.63, 3.8) is 0 Å². The van der Waals surface area contributed by atoms with E-state index in [-0.39, 0.29) is 0 Å². The summed E-state index contributed by atoms with van der Waals surface area (Å²) in [6, 6.07) is 4.42. The van der Waals surface area contributed by atoms with Crippen LogP contribution in [-0.2, 0) is 0 Å². The zero-order chi connectivity index (χ0) is 8.84.